The van der Waals surface area contributed by atoms with Gasteiger partial charge in [0.15, 0.2) is 0 Å². The monoisotopic (exact) mass is 335 g/mol. The van der Waals surface area contributed by atoms with Gasteiger partial charge in [-0.15, -0.1) is 0 Å². The first-order chi connectivity index (χ1) is 9.72. The van der Waals surface area contributed by atoms with Gasteiger partial charge in [-0.25, -0.2) is 4.39 Å². The molecule has 0 aliphatic carbocycles. The summed E-state index contributed by atoms with van der Waals surface area (Å²) in [4.78, 5) is 0. The molecule has 1 N–H and O–H groups in total. The average molecular weight is 336 g/mol. The van der Waals surface area contributed by atoms with Crippen molar-refractivity contribution in [2.75, 3.05) is 6.54 Å². The van der Waals surface area contributed by atoms with Crippen molar-refractivity contribution in [1.82, 2.24) is 5.32 Å². The van der Waals surface area contributed by atoms with E-state index in [0.29, 0.717) is 4.47 Å². The van der Waals surface area contributed by atoms with E-state index in [1.807, 2.05) is 24.3 Å². The first-order valence-corrected chi connectivity index (χ1v) is 7.73. The van der Waals surface area contributed by atoms with E-state index in [4.69, 9.17) is 0 Å². The standard InChI is InChI=1S/C17H19BrFN/c1-2-11-20-16(12-13-7-4-3-5-8-13)14-9-6-10-15(19)17(14)18/h3-10,16,20H,2,11-12H2,1H3. The predicted octanol–water partition coefficient (Wildman–Crippen LogP) is 4.87. The summed E-state index contributed by atoms with van der Waals surface area (Å²) in [6.45, 7) is 3.05. The molecule has 0 aromatic heterocycles. The van der Waals surface area contributed by atoms with Crippen molar-refractivity contribution in [3.8, 4) is 0 Å². The Bertz CT molecular complexity index is 542. The van der Waals surface area contributed by atoms with Gasteiger partial charge in [0.05, 0.1) is 4.47 Å². The maximum Gasteiger partial charge on any atom is 0.137 e. The van der Waals surface area contributed by atoms with E-state index >= 15 is 0 Å². The van der Waals surface area contributed by atoms with E-state index in [0.717, 1.165) is 24.9 Å². The van der Waals surface area contributed by atoms with Crippen molar-refractivity contribution >= 4 is 15.9 Å². The second-order valence-corrected chi connectivity index (χ2v) is 5.63. The number of benzene rings is 2. The molecule has 0 aliphatic rings. The highest BCUT2D eigenvalue weighted by molar-refractivity contribution is 9.10. The third-order valence-corrected chi connectivity index (χ3v) is 4.12. The Kier molecular flexibility index (Phi) is 5.74. The molecule has 0 heterocycles. The molecule has 0 spiro atoms. The SMILES string of the molecule is CCCNC(Cc1ccccc1)c1cccc(F)c1Br. The Morgan fingerprint density at radius 3 is 2.55 bits per heavy atom. The minimum Gasteiger partial charge on any atom is -0.310 e. The fraction of sp³-hybridized carbons (Fsp3) is 0.294. The third-order valence-electron chi connectivity index (χ3n) is 3.28. The second-order valence-electron chi connectivity index (χ2n) is 4.84. The molecule has 0 saturated heterocycles. The summed E-state index contributed by atoms with van der Waals surface area (Å²) in [5, 5.41) is 3.51. The van der Waals surface area contributed by atoms with Crippen LogP contribution in [0.4, 0.5) is 4.39 Å². The van der Waals surface area contributed by atoms with Crippen LogP contribution in [0.2, 0.25) is 0 Å². The average Bonchev–Trinajstić information content (AvgIpc) is 2.48. The first-order valence-electron chi connectivity index (χ1n) is 6.93. The van der Waals surface area contributed by atoms with Crippen molar-refractivity contribution in [2.24, 2.45) is 0 Å². The van der Waals surface area contributed by atoms with Crippen molar-refractivity contribution in [3.63, 3.8) is 0 Å². The highest BCUT2D eigenvalue weighted by atomic mass is 79.9. The van der Waals surface area contributed by atoms with E-state index < -0.39 is 0 Å². The maximum absolute atomic E-state index is 13.7. The van der Waals surface area contributed by atoms with Gasteiger partial charge in [-0.05, 0) is 52.5 Å². The molecule has 0 fully saturated rings. The summed E-state index contributed by atoms with van der Waals surface area (Å²) in [6.07, 6.45) is 1.90. The van der Waals surface area contributed by atoms with E-state index in [-0.39, 0.29) is 11.9 Å². The summed E-state index contributed by atoms with van der Waals surface area (Å²) in [6, 6.07) is 15.6. The smallest absolute Gasteiger partial charge is 0.137 e. The van der Waals surface area contributed by atoms with Crippen LogP contribution in [0, 0.1) is 5.82 Å². The molecule has 0 radical (unpaired) electrons. The van der Waals surface area contributed by atoms with Gasteiger partial charge in [-0.3, -0.25) is 0 Å². The lowest BCUT2D eigenvalue weighted by atomic mass is 9.98. The van der Waals surface area contributed by atoms with Gasteiger partial charge in [0.25, 0.3) is 0 Å². The van der Waals surface area contributed by atoms with Crippen LogP contribution in [0.25, 0.3) is 0 Å². The predicted molar refractivity (Wildman–Crippen MR) is 85.3 cm³/mol. The summed E-state index contributed by atoms with van der Waals surface area (Å²) in [5.41, 5.74) is 2.22. The summed E-state index contributed by atoms with van der Waals surface area (Å²) >= 11 is 3.37. The first kappa shape index (κ1) is 15.2. The second kappa shape index (κ2) is 7.55. The van der Waals surface area contributed by atoms with Crippen LogP contribution in [-0.2, 0) is 6.42 Å². The molecule has 2 rings (SSSR count). The fourth-order valence-electron chi connectivity index (χ4n) is 2.25. The van der Waals surface area contributed by atoms with E-state index in [9.17, 15) is 4.39 Å². The summed E-state index contributed by atoms with van der Waals surface area (Å²) in [5.74, 6) is -0.209. The minimum atomic E-state index is -0.209. The van der Waals surface area contributed by atoms with Crippen LogP contribution < -0.4 is 5.32 Å². The molecule has 106 valence electrons. The van der Waals surface area contributed by atoms with Gasteiger partial charge in [0.2, 0.25) is 0 Å². The molecule has 0 bridgehead atoms. The quantitative estimate of drug-likeness (QED) is 0.793. The molecular formula is C17H19BrFN. The van der Waals surface area contributed by atoms with Gasteiger partial charge in [0, 0.05) is 6.04 Å². The van der Waals surface area contributed by atoms with Gasteiger partial charge < -0.3 is 5.32 Å². The van der Waals surface area contributed by atoms with Crippen molar-refractivity contribution in [1.29, 1.82) is 0 Å². The van der Waals surface area contributed by atoms with Crippen molar-refractivity contribution in [2.45, 2.75) is 25.8 Å². The number of rotatable bonds is 6. The van der Waals surface area contributed by atoms with E-state index in [1.165, 1.54) is 11.6 Å². The molecule has 0 saturated carbocycles. The fourth-order valence-corrected chi connectivity index (χ4v) is 2.79. The Morgan fingerprint density at radius 2 is 1.85 bits per heavy atom. The molecule has 1 atom stereocenters. The number of hydrogen-bond donors (Lipinski definition) is 1. The molecule has 3 heteroatoms. The van der Waals surface area contributed by atoms with Crippen LogP contribution in [0.5, 0.6) is 0 Å². The lowest BCUT2D eigenvalue weighted by molar-refractivity contribution is 0.521. The van der Waals surface area contributed by atoms with Crippen LogP contribution in [-0.4, -0.2) is 6.54 Å². The zero-order chi connectivity index (χ0) is 14.4. The lowest BCUT2D eigenvalue weighted by Crippen LogP contribution is -2.24. The van der Waals surface area contributed by atoms with Gasteiger partial charge in [0.1, 0.15) is 5.82 Å². The van der Waals surface area contributed by atoms with E-state index in [2.05, 4.69) is 40.3 Å². The van der Waals surface area contributed by atoms with Crippen molar-refractivity contribution in [3.05, 3.63) is 69.9 Å². The summed E-state index contributed by atoms with van der Waals surface area (Å²) < 4.78 is 14.3. The largest absolute Gasteiger partial charge is 0.310 e. The molecule has 2 aromatic rings. The molecule has 20 heavy (non-hydrogen) atoms. The van der Waals surface area contributed by atoms with Gasteiger partial charge in [-0.1, -0.05) is 49.4 Å². The molecule has 0 amide bonds. The topological polar surface area (TPSA) is 12.0 Å². The molecular weight excluding hydrogens is 317 g/mol. The normalized spacial score (nSPS) is 12.3. The van der Waals surface area contributed by atoms with Crippen LogP contribution in [0.1, 0.15) is 30.5 Å². The highest BCUT2D eigenvalue weighted by Crippen LogP contribution is 2.28. The highest BCUT2D eigenvalue weighted by Gasteiger charge is 2.16. The molecule has 1 unspecified atom stereocenters. The number of hydrogen-bond acceptors (Lipinski definition) is 1. The molecule has 2 aromatic carbocycles. The van der Waals surface area contributed by atoms with Crippen LogP contribution >= 0.6 is 15.9 Å². The van der Waals surface area contributed by atoms with Crippen LogP contribution in [0.15, 0.2) is 53.0 Å². The van der Waals surface area contributed by atoms with E-state index in [1.54, 1.807) is 6.07 Å². The molecule has 1 nitrogen and oxygen atoms in total. The maximum atomic E-state index is 13.7. The Morgan fingerprint density at radius 1 is 1.10 bits per heavy atom. The van der Waals surface area contributed by atoms with Gasteiger partial charge >= 0.3 is 0 Å². The van der Waals surface area contributed by atoms with Crippen molar-refractivity contribution < 1.29 is 4.39 Å². The summed E-state index contributed by atoms with van der Waals surface area (Å²) in [7, 11) is 0. The van der Waals surface area contributed by atoms with Gasteiger partial charge in [-0.2, -0.15) is 0 Å². The zero-order valence-corrected chi connectivity index (χ0v) is 13.2. The number of nitrogens with one attached hydrogen (secondary N) is 1. The Hall–Kier alpha value is -1.19. The lowest BCUT2D eigenvalue weighted by Gasteiger charge is -2.20. The minimum absolute atomic E-state index is 0.113. The van der Waals surface area contributed by atoms with Crippen LogP contribution in [0.3, 0.4) is 0 Å². The third kappa shape index (κ3) is 3.90. The number of halogens is 2. The Balaban J connectivity index is 2.25. The Labute approximate surface area is 128 Å². The zero-order valence-electron chi connectivity index (χ0n) is 11.6. The molecule has 0 aliphatic heterocycles.